The number of rotatable bonds is 8. The molecule has 5 rings (SSSR count). The van der Waals surface area contributed by atoms with Crippen LogP contribution in [0.3, 0.4) is 0 Å². The maximum atomic E-state index is 12.6. The molecule has 232 valence electrons. The number of esters is 1. The van der Waals surface area contributed by atoms with Crippen molar-refractivity contribution in [3.05, 3.63) is 57.7 Å². The van der Waals surface area contributed by atoms with Crippen molar-refractivity contribution < 1.29 is 34.3 Å². The number of nitro groups is 1. The summed E-state index contributed by atoms with van der Waals surface area (Å²) in [4.78, 5) is 40.7. The Hall–Kier alpha value is -3.73. The van der Waals surface area contributed by atoms with Gasteiger partial charge in [0.05, 0.1) is 17.6 Å². The Morgan fingerprint density at radius 3 is 2.65 bits per heavy atom. The van der Waals surface area contributed by atoms with Crippen LogP contribution in [0.25, 0.3) is 0 Å². The molecule has 11 heteroatoms. The SMILES string of the molecule is COC(=O)C(Cc1ccc(O)c([N+](=O)[O-])c1)NC(=O)CON=C1C=C[C@@]2(C)C(=C1)CCC1C2CC[C@@]2(C)C1CC[C@]2(C)O. The number of methoxy groups -OCH3 is 1. The molecule has 1 aromatic carbocycles. The van der Waals surface area contributed by atoms with Gasteiger partial charge in [-0.15, -0.1) is 0 Å². The molecule has 0 bridgehead atoms. The molecule has 4 aliphatic rings. The summed E-state index contributed by atoms with van der Waals surface area (Å²) in [6.07, 6.45) is 12.2. The topological polar surface area (TPSA) is 161 Å². The van der Waals surface area contributed by atoms with E-state index in [4.69, 9.17) is 9.57 Å². The van der Waals surface area contributed by atoms with Gasteiger partial charge in [0, 0.05) is 17.9 Å². The molecule has 3 saturated carbocycles. The molecule has 0 aromatic heterocycles. The number of allylic oxidation sites excluding steroid dienone is 4. The van der Waals surface area contributed by atoms with Gasteiger partial charge in [0.15, 0.2) is 12.4 Å². The number of ether oxygens (including phenoxy) is 1. The highest BCUT2D eigenvalue weighted by Crippen LogP contribution is 2.66. The minimum absolute atomic E-state index is 0.0277. The number of nitrogens with zero attached hydrogens (tertiary/aromatic N) is 2. The summed E-state index contributed by atoms with van der Waals surface area (Å²) in [6.45, 7) is 6.18. The van der Waals surface area contributed by atoms with Gasteiger partial charge in [-0.1, -0.05) is 36.7 Å². The van der Waals surface area contributed by atoms with Crippen LogP contribution in [0.2, 0.25) is 0 Å². The number of phenols is 1. The second-order valence-corrected chi connectivity index (χ2v) is 13.2. The van der Waals surface area contributed by atoms with E-state index < -0.39 is 46.5 Å². The number of phenolic OH excluding ortho intramolecular Hbond substituents is 1. The van der Waals surface area contributed by atoms with E-state index in [2.05, 4.69) is 36.5 Å². The fourth-order valence-electron chi connectivity index (χ4n) is 8.32. The van der Waals surface area contributed by atoms with Gasteiger partial charge in [-0.25, -0.2) is 4.79 Å². The van der Waals surface area contributed by atoms with Gasteiger partial charge in [-0.3, -0.25) is 14.9 Å². The average Bonchev–Trinajstić information content (AvgIpc) is 3.21. The Labute approximate surface area is 251 Å². The number of benzene rings is 1. The van der Waals surface area contributed by atoms with Crippen LogP contribution < -0.4 is 5.32 Å². The van der Waals surface area contributed by atoms with Crippen LogP contribution in [0.1, 0.15) is 64.9 Å². The summed E-state index contributed by atoms with van der Waals surface area (Å²) in [5.41, 5.74) is 1.08. The highest BCUT2D eigenvalue weighted by molar-refractivity contribution is 6.05. The van der Waals surface area contributed by atoms with E-state index in [-0.39, 0.29) is 17.3 Å². The van der Waals surface area contributed by atoms with Crippen LogP contribution in [0.5, 0.6) is 5.75 Å². The zero-order valence-corrected chi connectivity index (χ0v) is 25.2. The van der Waals surface area contributed by atoms with Crippen molar-refractivity contribution in [2.75, 3.05) is 13.7 Å². The number of aromatic hydroxyl groups is 1. The van der Waals surface area contributed by atoms with Gasteiger partial charge in [0.25, 0.3) is 5.91 Å². The van der Waals surface area contributed by atoms with E-state index in [9.17, 15) is 29.9 Å². The number of aliphatic hydroxyl groups is 1. The minimum Gasteiger partial charge on any atom is -0.502 e. The average molecular weight is 596 g/mol. The molecule has 4 aliphatic carbocycles. The number of carbonyl (C=O) groups excluding carboxylic acids is 2. The highest BCUT2D eigenvalue weighted by Gasteiger charge is 2.62. The predicted molar refractivity (Wildman–Crippen MR) is 158 cm³/mol. The van der Waals surface area contributed by atoms with Crippen molar-refractivity contribution in [2.45, 2.75) is 77.4 Å². The largest absolute Gasteiger partial charge is 0.502 e. The van der Waals surface area contributed by atoms with Crippen LogP contribution in [-0.2, 0) is 25.6 Å². The van der Waals surface area contributed by atoms with E-state index in [0.717, 1.165) is 50.7 Å². The molecule has 0 saturated heterocycles. The number of hydrogen-bond acceptors (Lipinski definition) is 9. The molecule has 0 radical (unpaired) electrons. The van der Waals surface area contributed by atoms with Gasteiger partial charge in [-0.2, -0.15) is 0 Å². The Morgan fingerprint density at radius 2 is 1.93 bits per heavy atom. The monoisotopic (exact) mass is 595 g/mol. The van der Waals surface area contributed by atoms with Gasteiger partial charge < -0.3 is 25.1 Å². The molecule has 1 amide bonds. The first-order chi connectivity index (χ1) is 20.3. The van der Waals surface area contributed by atoms with Crippen molar-refractivity contribution >= 4 is 23.3 Å². The quantitative estimate of drug-likeness (QED) is 0.227. The number of hydrogen-bond donors (Lipinski definition) is 3. The first-order valence-corrected chi connectivity index (χ1v) is 14.9. The molecule has 3 N–H and O–H groups in total. The first-order valence-electron chi connectivity index (χ1n) is 14.9. The van der Waals surface area contributed by atoms with Crippen LogP contribution in [0, 0.1) is 38.7 Å². The molecule has 1 aromatic rings. The first kappa shape index (κ1) is 30.7. The number of fused-ring (bicyclic) bond motifs is 5. The summed E-state index contributed by atoms with van der Waals surface area (Å²) in [5.74, 6) is -0.214. The van der Waals surface area contributed by atoms with Crippen molar-refractivity contribution in [3.63, 3.8) is 0 Å². The molecule has 0 spiro atoms. The Balaban J connectivity index is 1.20. The zero-order chi connectivity index (χ0) is 31.2. The third-order valence-corrected chi connectivity index (χ3v) is 11.0. The van der Waals surface area contributed by atoms with E-state index >= 15 is 0 Å². The lowest BCUT2D eigenvalue weighted by Crippen LogP contribution is -2.53. The van der Waals surface area contributed by atoms with E-state index in [1.165, 1.54) is 18.7 Å². The minimum atomic E-state index is -1.12. The highest BCUT2D eigenvalue weighted by atomic mass is 16.6. The van der Waals surface area contributed by atoms with Crippen LogP contribution in [0.4, 0.5) is 5.69 Å². The molecule has 7 atom stereocenters. The molecule has 11 nitrogen and oxygen atoms in total. The third kappa shape index (κ3) is 5.55. The third-order valence-electron chi connectivity index (χ3n) is 11.0. The fraction of sp³-hybridized carbons (Fsp3) is 0.594. The molecule has 0 heterocycles. The van der Waals surface area contributed by atoms with Crippen molar-refractivity contribution in [1.82, 2.24) is 5.32 Å². The molecule has 43 heavy (non-hydrogen) atoms. The molecular formula is C32H41N3O8. The Morgan fingerprint density at radius 1 is 1.19 bits per heavy atom. The maximum Gasteiger partial charge on any atom is 0.328 e. The summed E-state index contributed by atoms with van der Waals surface area (Å²) >= 11 is 0. The van der Waals surface area contributed by atoms with Gasteiger partial charge in [0.2, 0.25) is 0 Å². The second-order valence-electron chi connectivity index (χ2n) is 13.2. The molecule has 0 aliphatic heterocycles. The number of nitro benzene ring substituents is 1. The molecule has 4 unspecified atom stereocenters. The summed E-state index contributed by atoms with van der Waals surface area (Å²) in [7, 11) is 1.18. The summed E-state index contributed by atoms with van der Waals surface area (Å²) < 4.78 is 4.79. The van der Waals surface area contributed by atoms with Crippen LogP contribution in [-0.4, -0.2) is 58.1 Å². The lowest BCUT2D eigenvalue weighted by atomic mass is 9.47. The Bertz CT molecular complexity index is 1400. The van der Waals surface area contributed by atoms with E-state index in [1.54, 1.807) is 0 Å². The summed E-state index contributed by atoms with van der Waals surface area (Å²) in [5, 5.41) is 38.7. The normalized spacial score (nSPS) is 34.3. The number of amides is 1. The zero-order valence-electron chi connectivity index (χ0n) is 25.2. The van der Waals surface area contributed by atoms with Crippen LogP contribution in [0.15, 0.2) is 47.2 Å². The lowest BCUT2D eigenvalue weighted by Gasteiger charge is -2.58. The predicted octanol–water partition coefficient (Wildman–Crippen LogP) is 4.36. The molecular weight excluding hydrogens is 554 g/mol. The van der Waals surface area contributed by atoms with Gasteiger partial charge in [0.1, 0.15) is 11.8 Å². The standard InChI is InChI=1S/C32H41N3O8/c1-30-12-9-21(17-20(30)6-7-22-23(30)10-13-31(2)24(22)11-14-32(31,3)39)34-43-18-28(37)33-25(29(38)42-4)15-19-5-8-27(36)26(16-19)35(40)41/h5,8-9,12,16-17,22-25,36,39H,6-7,10-11,13-15,18H2,1-4H3,(H,33,37)/t22?,23?,24?,25?,30-,31-,32-/m0/s1. The van der Waals surface area contributed by atoms with Gasteiger partial charge >= 0.3 is 11.7 Å². The van der Waals surface area contributed by atoms with Gasteiger partial charge in [-0.05, 0) is 92.4 Å². The lowest BCUT2D eigenvalue weighted by molar-refractivity contribution is -0.385. The van der Waals surface area contributed by atoms with Crippen molar-refractivity contribution in [2.24, 2.45) is 33.7 Å². The van der Waals surface area contributed by atoms with Crippen molar-refractivity contribution in [1.29, 1.82) is 0 Å². The van der Waals surface area contributed by atoms with E-state index in [1.807, 2.05) is 13.0 Å². The second kappa shape index (κ2) is 11.4. The summed E-state index contributed by atoms with van der Waals surface area (Å²) in [6, 6.07) is 2.62. The van der Waals surface area contributed by atoms with Crippen LogP contribution >= 0.6 is 0 Å². The molecule has 3 fully saturated rings. The smallest absolute Gasteiger partial charge is 0.328 e. The number of nitrogens with one attached hydrogen (secondary N) is 1. The number of oxime groups is 1. The maximum absolute atomic E-state index is 12.6. The Kier molecular flexibility index (Phi) is 8.15. The number of carbonyl (C=O) groups is 2. The fourth-order valence-corrected chi connectivity index (χ4v) is 8.32. The van der Waals surface area contributed by atoms with E-state index in [0.29, 0.717) is 29.0 Å². The van der Waals surface area contributed by atoms with Crippen molar-refractivity contribution in [3.8, 4) is 5.75 Å².